The molecular formula is C12H16N4O3S. The predicted molar refractivity (Wildman–Crippen MR) is 74.2 cm³/mol. The number of hydrogen-bond donors (Lipinski definition) is 2. The summed E-state index contributed by atoms with van der Waals surface area (Å²) in [6.45, 7) is 4.24. The summed E-state index contributed by atoms with van der Waals surface area (Å²) < 4.78 is 0. The number of thiazole rings is 1. The van der Waals surface area contributed by atoms with Crippen LogP contribution in [0.4, 0.5) is 5.13 Å². The van der Waals surface area contributed by atoms with Crippen LogP contribution in [0, 0.1) is 5.92 Å². The Balaban J connectivity index is 1.98. The number of nitrogens with zero attached hydrogens (tertiary/aromatic N) is 2. The van der Waals surface area contributed by atoms with Crippen molar-refractivity contribution in [2.75, 3.05) is 11.9 Å². The molecule has 0 aromatic carbocycles. The Kier molecular flexibility index (Phi) is 4.03. The molecule has 0 bridgehead atoms. The van der Waals surface area contributed by atoms with E-state index in [1.54, 1.807) is 4.90 Å². The summed E-state index contributed by atoms with van der Waals surface area (Å²) in [6.07, 6.45) is 1.53. The van der Waals surface area contributed by atoms with E-state index in [1.165, 1.54) is 6.20 Å². The van der Waals surface area contributed by atoms with Crippen LogP contribution in [0.1, 0.15) is 29.9 Å². The third-order valence-electron chi connectivity index (χ3n) is 3.13. The molecule has 1 atom stereocenters. The van der Waals surface area contributed by atoms with Crippen LogP contribution in [-0.4, -0.2) is 40.2 Å². The van der Waals surface area contributed by atoms with Crippen LogP contribution >= 0.6 is 11.3 Å². The van der Waals surface area contributed by atoms with Crippen molar-refractivity contribution in [2.45, 2.75) is 26.3 Å². The summed E-state index contributed by atoms with van der Waals surface area (Å²) in [6, 6.07) is 0.0848. The Bertz CT molecular complexity index is 555. The highest BCUT2D eigenvalue weighted by molar-refractivity contribution is 7.17. The largest absolute Gasteiger partial charge is 0.365 e. The second-order valence-electron chi connectivity index (χ2n) is 4.92. The van der Waals surface area contributed by atoms with Crippen LogP contribution in [0.15, 0.2) is 6.20 Å². The van der Waals surface area contributed by atoms with Gasteiger partial charge in [0, 0.05) is 19.0 Å². The minimum absolute atomic E-state index is 0.0166. The average Bonchev–Trinajstić information content (AvgIpc) is 2.95. The molecular weight excluding hydrogens is 280 g/mol. The molecule has 1 unspecified atom stereocenters. The maximum Gasteiger partial charge on any atom is 0.260 e. The number of likely N-dealkylation sites (tertiary alicyclic amines) is 1. The van der Waals surface area contributed by atoms with E-state index in [0.717, 1.165) is 11.3 Å². The lowest BCUT2D eigenvalue weighted by molar-refractivity contribution is -0.129. The molecule has 1 aliphatic heterocycles. The minimum atomic E-state index is -0.579. The lowest BCUT2D eigenvalue weighted by Crippen LogP contribution is -2.33. The number of rotatable bonds is 4. The van der Waals surface area contributed by atoms with Gasteiger partial charge in [-0.1, -0.05) is 11.3 Å². The first-order chi connectivity index (χ1) is 9.38. The van der Waals surface area contributed by atoms with Crippen molar-refractivity contribution in [2.24, 2.45) is 11.7 Å². The molecule has 1 aromatic heterocycles. The van der Waals surface area contributed by atoms with Crippen LogP contribution in [0.2, 0.25) is 0 Å². The van der Waals surface area contributed by atoms with Gasteiger partial charge < -0.3 is 16.0 Å². The molecule has 3 N–H and O–H groups in total. The first-order valence-corrected chi connectivity index (χ1v) is 7.06. The molecule has 108 valence electrons. The Morgan fingerprint density at radius 1 is 1.55 bits per heavy atom. The fourth-order valence-electron chi connectivity index (χ4n) is 2.06. The van der Waals surface area contributed by atoms with Gasteiger partial charge in [0.15, 0.2) is 5.13 Å². The van der Waals surface area contributed by atoms with Gasteiger partial charge in [0.05, 0.1) is 12.1 Å². The summed E-state index contributed by atoms with van der Waals surface area (Å²) in [5.74, 6) is -1.24. The highest BCUT2D eigenvalue weighted by Crippen LogP contribution is 2.23. The van der Waals surface area contributed by atoms with Crippen LogP contribution in [0.25, 0.3) is 0 Å². The number of hydrogen-bond acceptors (Lipinski definition) is 5. The van der Waals surface area contributed by atoms with Crippen molar-refractivity contribution in [1.82, 2.24) is 9.88 Å². The first-order valence-electron chi connectivity index (χ1n) is 6.24. The van der Waals surface area contributed by atoms with Gasteiger partial charge in [-0.2, -0.15) is 0 Å². The Hall–Kier alpha value is -1.96. The fourth-order valence-corrected chi connectivity index (χ4v) is 2.73. The number of carbonyl (C=O) groups excluding carboxylic acids is 3. The monoisotopic (exact) mass is 296 g/mol. The summed E-state index contributed by atoms with van der Waals surface area (Å²) in [5.41, 5.74) is 5.12. The third kappa shape index (κ3) is 2.96. The number of nitrogens with one attached hydrogen (secondary N) is 1. The van der Waals surface area contributed by atoms with Crippen molar-refractivity contribution in [3.8, 4) is 0 Å². The Labute approximate surface area is 120 Å². The summed E-state index contributed by atoms with van der Waals surface area (Å²) in [4.78, 5) is 40.6. The van der Waals surface area contributed by atoms with Crippen LogP contribution < -0.4 is 11.1 Å². The molecule has 1 aliphatic rings. The maximum atomic E-state index is 12.1. The molecule has 20 heavy (non-hydrogen) atoms. The quantitative estimate of drug-likeness (QED) is 0.840. The number of primary amides is 1. The normalized spacial score (nSPS) is 18.6. The van der Waals surface area contributed by atoms with Crippen molar-refractivity contribution >= 4 is 34.2 Å². The van der Waals surface area contributed by atoms with Gasteiger partial charge in [0.2, 0.25) is 11.8 Å². The van der Waals surface area contributed by atoms with Gasteiger partial charge in [0.25, 0.3) is 5.91 Å². The third-order valence-corrected chi connectivity index (χ3v) is 4.06. The van der Waals surface area contributed by atoms with Crippen LogP contribution in [0.5, 0.6) is 0 Å². The van der Waals surface area contributed by atoms with Gasteiger partial charge in [-0.25, -0.2) is 4.98 Å². The van der Waals surface area contributed by atoms with E-state index in [9.17, 15) is 14.4 Å². The second kappa shape index (κ2) is 5.58. The van der Waals surface area contributed by atoms with E-state index >= 15 is 0 Å². The van der Waals surface area contributed by atoms with E-state index in [1.807, 2.05) is 13.8 Å². The standard InChI is InChI=1S/C12H16N4O3S/c1-6(2)16-5-7(3-9(16)17)11(19)15-12-14-4-8(20-12)10(13)18/h4,6-7H,3,5H2,1-2H3,(H2,13,18)(H,14,15,19). The zero-order chi connectivity index (χ0) is 14.9. The lowest BCUT2D eigenvalue weighted by Gasteiger charge is -2.20. The zero-order valence-electron chi connectivity index (χ0n) is 11.3. The molecule has 1 aromatic rings. The molecule has 0 radical (unpaired) electrons. The van der Waals surface area contributed by atoms with Crippen molar-refractivity contribution in [3.05, 3.63) is 11.1 Å². The van der Waals surface area contributed by atoms with Crippen molar-refractivity contribution in [1.29, 1.82) is 0 Å². The number of aromatic nitrogens is 1. The van der Waals surface area contributed by atoms with E-state index in [0.29, 0.717) is 11.7 Å². The summed E-state index contributed by atoms with van der Waals surface area (Å²) in [7, 11) is 0. The average molecular weight is 296 g/mol. The zero-order valence-corrected chi connectivity index (χ0v) is 12.1. The molecule has 0 saturated carbocycles. The van der Waals surface area contributed by atoms with Crippen LogP contribution in [0.3, 0.4) is 0 Å². The van der Waals surface area contributed by atoms with E-state index < -0.39 is 5.91 Å². The molecule has 2 heterocycles. The van der Waals surface area contributed by atoms with E-state index in [4.69, 9.17) is 5.73 Å². The van der Waals surface area contributed by atoms with Gasteiger partial charge in [-0.05, 0) is 13.8 Å². The van der Waals surface area contributed by atoms with E-state index in [-0.39, 0.29) is 35.1 Å². The SMILES string of the molecule is CC(C)N1CC(C(=O)Nc2ncc(C(N)=O)s2)CC1=O. The topological polar surface area (TPSA) is 105 Å². The second-order valence-corrected chi connectivity index (χ2v) is 5.95. The smallest absolute Gasteiger partial charge is 0.260 e. The van der Waals surface area contributed by atoms with Crippen molar-refractivity contribution < 1.29 is 14.4 Å². The first kappa shape index (κ1) is 14.4. The molecule has 1 saturated heterocycles. The molecule has 1 fully saturated rings. The number of anilines is 1. The Morgan fingerprint density at radius 2 is 2.25 bits per heavy atom. The van der Waals surface area contributed by atoms with Gasteiger partial charge in [-0.3, -0.25) is 14.4 Å². The lowest BCUT2D eigenvalue weighted by atomic mass is 10.1. The molecule has 8 heteroatoms. The maximum absolute atomic E-state index is 12.1. The summed E-state index contributed by atoms with van der Waals surface area (Å²) >= 11 is 1.02. The highest BCUT2D eigenvalue weighted by atomic mass is 32.1. The fraction of sp³-hybridized carbons (Fsp3) is 0.500. The van der Waals surface area contributed by atoms with Gasteiger partial charge in [-0.15, -0.1) is 0 Å². The number of nitrogens with two attached hydrogens (primary N) is 1. The van der Waals surface area contributed by atoms with Gasteiger partial charge >= 0.3 is 0 Å². The van der Waals surface area contributed by atoms with Crippen molar-refractivity contribution in [3.63, 3.8) is 0 Å². The Morgan fingerprint density at radius 3 is 2.75 bits per heavy atom. The van der Waals surface area contributed by atoms with E-state index in [2.05, 4.69) is 10.3 Å². The number of carbonyl (C=O) groups is 3. The molecule has 0 aliphatic carbocycles. The molecule has 2 rings (SSSR count). The molecule has 3 amide bonds. The highest BCUT2D eigenvalue weighted by Gasteiger charge is 2.35. The molecule has 0 spiro atoms. The molecule has 7 nitrogen and oxygen atoms in total. The van der Waals surface area contributed by atoms with Crippen LogP contribution in [-0.2, 0) is 9.59 Å². The number of amides is 3. The predicted octanol–water partition coefficient (Wildman–Crippen LogP) is 0.437. The minimum Gasteiger partial charge on any atom is -0.365 e. The van der Waals surface area contributed by atoms with Gasteiger partial charge in [0.1, 0.15) is 4.88 Å². The summed E-state index contributed by atoms with van der Waals surface area (Å²) in [5, 5.41) is 2.94.